The maximum absolute atomic E-state index is 8.81. The van der Waals surface area contributed by atoms with Gasteiger partial charge in [-0.05, 0) is 19.1 Å². The van der Waals surface area contributed by atoms with Crippen LogP contribution in [0.4, 0.5) is 0 Å². The van der Waals surface area contributed by atoms with E-state index in [1.165, 1.54) is 0 Å². The molecule has 0 aliphatic rings. The van der Waals surface area contributed by atoms with Crippen LogP contribution in [-0.4, -0.2) is 13.4 Å². The Morgan fingerprint density at radius 2 is 2.00 bits per heavy atom. The maximum Gasteiger partial charge on any atom is 0.198 e. The van der Waals surface area contributed by atoms with Crippen LogP contribution >= 0.6 is 0 Å². The molecule has 0 amide bonds. The Balaban J connectivity index is 0.000000218. The van der Waals surface area contributed by atoms with Crippen LogP contribution < -0.4 is 5.14 Å². The number of nitrogens with two attached hydrogens (primary N) is 1. The molecular formula is C6H10N2O2S. The predicted octanol–water partition coefficient (Wildman–Crippen LogP) is -0.138. The fourth-order valence-electron chi connectivity index (χ4n) is 0.448. The second-order valence-electron chi connectivity index (χ2n) is 1.76. The molecule has 0 saturated carbocycles. The zero-order valence-corrected chi connectivity index (χ0v) is 6.99. The van der Waals surface area contributed by atoms with Crippen LogP contribution in [0.2, 0.25) is 0 Å². The molecule has 1 aromatic rings. The Hall–Kier alpha value is -0.940. The van der Waals surface area contributed by atoms with E-state index < -0.39 is 10.9 Å². The van der Waals surface area contributed by atoms with E-state index in [1.807, 2.05) is 25.1 Å². The fraction of sp³-hybridized carbons (Fsp3) is 0.167. The molecule has 0 fully saturated rings. The lowest BCUT2D eigenvalue weighted by atomic mass is 10.4. The highest BCUT2D eigenvalue weighted by atomic mass is 32.2. The van der Waals surface area contributed by atoms with E-state index in [1.54, 1.807) is 6.20 Å². The lowest BCUT2D eigenvalue weighted by Gasteiger charge is -1.82. The molecular weight excluding hydrogens is 164 g/mol. The van der Waals surface area contributed by atoms with Gasteiger partial charge < -0.3 is 0 Å². The van der Waals surface area contributed by atoms with Crippen LogP contribution in [0.15, 0.2) is 24.4 Å². The van der Waals surface area contributed by atoms with Crippen molar-refractivity contribution < 1.29 is 8.42 Å². The van der Waals surface area contributed by atoms with Gasteiger partial charge in [0.2, 0.25) is 0 Å². The van der Waals surface area contributed by atoms with Crippen LogP contribution in [0.5, 0.6) is 0 Å². The van der Waals surface area contributed by atoms with Gasteiger partial charge in [-0.2, -0.15) is 0 Å². The van der Waals surface area contributed by atoms with Crippen molar-refractivity contribution in [1.29, 1.82) is 0 Å². The van der Waals surface area contributed by atoms with E-state index in [0.29, 0.717) is 0 Å². The third-order valence-corrected chi connectivity index (χ3v) is 0.813. The minimum absolute atomic E-state index is 1.07. The molecule has 1 rings (SSSR count). The molecule has 0 atom stereocenters. The standard InChI is InChI=1S/C6H7N.H3NO2S/c1-6-4-2-3-5-7-6;1-4(2)3/h2-5H,1H3;4H,(H2,1,2,3). The summed E-state index contributed by atoms with van der Waals surface area (Å²) in [6.45, 7) is 1.97. The zero-order chi connectivity index (χ0) is 8.69. The smallest absolute Gasteiger partial charge is 0.198 e. The highest BCUT2D eigenvalue weighted by Gasteiger charge is 1.73. The zero-order valence-electron chi connectivity index (χ0n) is 6.10. The fourth-order valence-corrected chi connectivity index (χ4v) is 0.448. The summed E-state index contributed by atoms with van der Waals surface area (Å²) >= 11 is 0. The summed E-state index contributed by atoms with van der Waals surface area (Å²) in [7, 11) is -2.62. The second-order valence-corrected chi connectivity index (χ2v) is 2.33. The van der Waals surface area contributed by atoms with Crippen LogP contribution in [0.3, 0.4) is 0 Å². The first kappa shape index (κ1) is 10.1. The third kappa shape index (κ3) is 9.06. The van der Waals surface area contributed by atoms with Crippen molar-refractivity contribution in [3.8, 4) is 0 Å². The molecule has 0 aliphatic carbocycles. The quantitative estimate of drug-likeness (QED) is 0.538. The first-order valence-electron chi connectivity index (χ1n) is 2.89. The van der Waals surface area contributed by atoms with E-state index in [-0.39, 0.29) is 0 Å². The van der Waals surface area contributed by atoms with E-state index in [4.69, 9.17) is 8.42 Å². The van der Waals surface area contributed by atoms with Crippen molar-refractivity contribution in [2.75, 3.05) is 0 Å². The molecule has 11 heavy (non-hydrogen) atoms. The average Bonchev–Trinajstić information content (AvgIpc) is 1.87. The lowest BCUT2D eigenvalue weighted by molar-refractivity contribution is 0.616. The van der Waals surface area contributed by atoms with Gasteiger partial charge >= 0.3 is 0 Å². The van der Waals surface area contributed by atoms with Crippen molar-refractivity contribution in [3.05, 3.63) is 30.1 Å². The predicted molar refractivity (Wildman–Crippen MR) is 43.5 cm³/mol. The average molecular weight is 174 g/mol. The maximum atomic E-state index is 8.81. The monoisotopic (exact) mass is 174 g/mol. The molecule has 4 nitrogen and oxygen atoms in total. The second kappa shape index (κ2) is 5.82. The summed E-state index contributed by atoms with van der Waals surface area (Å²) in [6.07, 6.45) is 1.79. The first-order chi connectivity index (χ1) is 5.13. The number of hydrogen-bond donors (Lipinski definition) is 2. The summed E-state index contributed by atoms with van der Waals surface area (Å²) < 4.78 is 17.6. The number of aromatic nitrogens is 1. The van der Waals surface area contributed by atoms with E-state index in [2.05, 4.69) is 10.1 Å². The molecule has 0 aliphatic heterocycles. The van der Waals surface area contributed by atoms with Gasteiger partial charge in [-0.25, -0.2) is 13.6 Å². The van der Waals surface area contributed by atoms with Crippen LogP contribution in [0, 0.1) is 6.92 Å². The number of nitrogens with zero attached hydrogens (tertiary/aromatic N) is 1. The van der Waals surface area contributed by atoms with E-state index in [0.717, 1.165) is 5.69 Å². The topological polar surface area (TPSA) is 73.0 Å². The van der Waals surface area contributed by atoms with E-state index in [9.17, 15) is 0 Å². The summed E-state index contributed by atoms with van der Waals surface area (Å²) in [6, 6.07) is 5.86. The Morgan fingerprint density at radius 3 is 2.18 bits per heavy atom. The molecule has 0 bridgehead atoms. The Kier molecular flexibility index (Phi) is 5.32. The van der Waals surface area contributed by atoms with Crippen LogP contribution in [-0.2, 0) is 10.9 Å². The highest BCUT2D eigenvalue weighted by molar-refractivity contribution is 7.69. The molecule has 0 unspecified atom stereocenters. The molecule has 1 aromatic heterocycles. The Bertz CT molecular complexity index is 251. The van der Waals surface area contributed by atoms with Crippen molar-refractivity contribution in [1.82, 2.24) is 4.98 Å². The van der Waals surface area contributed by atoms with Crippen LogP contribution in [0.25, 0.3) is 0 Å². The summed E-state index contributed by atoms with van der Waals surface area (Å²) in [5, 5.41) is 4.06. The van der Waals surface area contributed by atoms with Gasteiger partial charge in [0, 0.05) is 11.9 Å². The molecule has 1 heterocycles. The lowest BCUT2D eigenvalue weighted by Crippen LogP contribution is -1.85. The summed E-state index contributed by atoms with van der Waals surface area (Å²) in [5.74, 6) is 0. The van der Waals surface area contributed by atoms with Gasteiger partial charge in [0.25, 0.3) is 0 Å². The number of pyridine rings is 1. The van der Waals surface area contributed by atoms with Crippen molar-refractivity contribution in [3.63, 3.8) is 0 Å². The largest absolute Gasteiger partial charge is 0.262 e. The minimum atomic E-state index is -2.62. The first-order valence-corrected chi connectivity index (χ1v) is 4.14. The number of hydrogen-bond acceptors (Lipinski definition) is 3. The van der Waals surface area contributed by atoms with Crippen molar-refractivity contribution in [2.45, 2.75) is 6.92 Å². The minimum Gasteiger partial charge on any atom is -0.262 e. The van der Waals surface area contributed by atoms with Gasteiger partial charge in [-0.1, -0.05) is 6.07 Å². The number of thiol groups is 1. The summed E-state index contributed by atoms with van der Waals surface area (Å²) in [4.78, 5) is 3.98. The Morgan fingerprint density at radius 1 is 1.45 bits per heavy atom. The normalized spacial score (nSPS) is 8.64. The van der Waals surface area contributed by atoms with Crippen LogP contribution in [0.1, 0.15) is 5.69 Å². The van der Waals surface area contributed by atoms with Crippen molar-refractivity contribution in [2.24, 2.45) is 5.14 Å². The molecule has 0 spiro atoms. The van der Waals surface area contributed by atoms with Crippen molar-refractivity contribution >= 4 is 10.9 Å². The Labute approximate surface area is 67.2 Å². The molecule has 0 aromatic carbocycles. The van der Waals surface area contributed by atoms with E-state index >= 15 is 0 Å². The molecule has 5 heteroatoms. The summed E-state index contributed by atoms with van der Waals surface area (Å²) in [5.41, 5.74) is 1.07. The molecule has 0 radical (unpaired) electrons. The highest BCUT2D eigenvalue weighted by Crippen LogP contribution is 1.85. The third-order valence-electron chi connectivity index (χ3n) is 0.813. The number of rotatable bonds is 0. The molecule has 62 valence electrons. The van der Waals surface area contributed by atoms with Gasteiger partial charge in [0.05, 0.1) is 0 Å². The van der Waals surface area contributed by atoms with Gasteiger partial charge in [0.15, 0.2) is 10.9 Å². The number of aryl methyl sites for hydroxylation is 1. The SMILES string of the molecule is Cc1ccccn1.N[SH](=O)=O. The van der Waals surface area contributed by atoms with Gasteiger partial charge in [-0.15, -0.1) is 0 Å². The van der Waals surface area contributed by atoms with Gasteiger partial charge in [-0.3, -0.25) is 4.98 Å². The molecule has 2 N–H and O–H groups in total. The molecule has 0 saturated heterocycles. The van der Waals surface area contributed by atoms with Gasteiger partial charge in [0.1, 0.15) is 0 Å².